The van der Waals surface area contributed by atoms with Gasteiger partial charge in [0.05, 0.1) is 10.2 Å². The summed E-state index contributed by atoms with van der Waals surface area (Å²) in [6, 6.07) is 2.63. The molecule has 1 atom stereocenters. The number of halogens is 2. The normalized spacial score (nSPS) is 21.6. The fourth-order valence-electron chi connectivity index (χ4n) is 3.00. The minimum atomic E-state index is -3.66. The highest BCUT2D eigenvalue weighted by Crippen LogP contribution is 2.37. The Labute approximate surface area is 146 Å². The summed E-state index contributed by atoms with van der Waals surface area (Å²) in [5.74, 6) is -0.0779. The van der Waals surface area contributed by atoms with Crippen LogP contribution in [0, 0.1) is 11.7 Å². The summed E-state index contributed by atoms with van der Waals surface area (Å²) in [6.45, 7) is 8.70. The van der Waals surface area contributed by atoms with Crippen molar-refractivity contribution in [2.75, 3.05) is 18.5 Å². The van der Waals surface area contributed by atoms with E-state index >= 15 is 0 Å². The van der Waals surface area contributed by atoms with Crippen LogP contribution in [-0.2, 0) is 10.0 Å². The van der Waals surface area contributed by atoms with Crippen LogP contribution in [0.1, 0.15) is 34.1 Å². The molecule has 1 aromatic rings. The summed E-state index contributed by atoms with van der Waals surface area (Å²) in [7, 11) is -2.04. The second-order valence-corrected chi connectivity index (χ2v) is 9.61. The number of fused-ring (bicyclic) bond motifs is 1. The Morgan fingerprint density at radius 3 is 2.43 bits per heavy atom. The monoisotopic (exact) mass is 406 g/mol. The Balaban J connectivity index is 2.67. The van der Waals surface area contributed by atoms with E-state index in [-0.39, 0.29) is 21.5 Å². The second kappa shape index (κ2) is 6.69. The summed E-state index contributed by atoms with van der Waals surface area (Å²) in [5.41, 5.74) is 0.443. The molecule has 1 aliphatic rings. The number of benzene rings is 1. The van der Waals surface area contributed by atoms with E-state index in [4.69, 9.17) is 0 Å². The van der Waals surface area contributed by atoms with Crippen LogP contribution >= 0.6 is 15.9 Å². The van der Waals surface area contributed by atoms with Crippen LogP contribution < -0.4 is 4.90 Å². The summed E-state index contributed by atoms with van der Waals surface area (Å²) in [6.07, 6.45) is 0.761. The van der Waals surface area contributed by atoms with Gasteiger partial charge in [0.1, 0.15) is 10.7 Å². The van der Waals surface area contributed by atoms with E-state index in [1.165, 1.54) is 16.4 Å². The van der Waals surface area contributed by atoms with Crippen LogP contribution in [0.2, 0.25) is 0 Å². The van der Waals surface area contributed by atoms with E-state index in [0.29, 0.717) is 18.2 Å². The first-order chi connectivity index (χ1) is 10.6. The van der Waals surface area contributed by atoms with Crippen molar-refractivity contribution in [3.63, 3.8) is 0 Å². The van der Waals surface area contributed by atoms with Gasteiger partial charge in [-0.3, -0.25) is 0 Å². The van der Waals surface area contributed by atoms with E-state index in [0.717, 1.165) is 6.42 Å². The first-order valence-electron chi connectivity index (χ1n) is 7.79. The Bertz CT molecular complexity index is 692. The maximum Gasteiger partial charge on any atom is 0.245 e. The lowest BCUT2D eigenvalue weighted by molar-refractivity contribution is 0.319. The standard InChI is InChI=1S/C16H24BrFN2O2S/c1-10(2)6-12-9-20(11(3)4)15-8-14(18)13(17)7-16(15)23(21,22)19(12)5/h7-8,10-12H,6,9H2,1-5H3. The van der Waals surface area contributed by atoms with E-state index in [2.05, 4.69) is 29.8 Å². The molecule has 0 amide bonds. The molecule has 130 valence electrons. The average Bonchev–Trinajstić information content (AvgIpc) is 2.50. The molecule has 4 nitrogen and oxygen atoms in total. The van der Waals surface area contributed by atoms with E-state index in [1.54, 1.807) is 7.05 Å². The molecule has 0 N–H and O–H groups in total. The van der Waals surface area contributed by atoms with Gasteiger partial charge in [0, 0.05) is 25.7 Å². The number of hydrogen-bond donors (Lipinski definition) is 0. The summed E-state index contributed by atoms with van der Waals surface area (Å²) < 4.78 is 41.7. The molecule has 1 aromatic carbocycles. The quantitative estimate of drug-likeness (QED) is 0.764. The van der Waals surface area contributed by atoms with Crippen molar-refractivity contribution in [1.82, 2.24) is 4.31 Å². The zero-order valence-electron chi connectivity index (χ0n) is 14.2. The van der Waals surface area contributed by atoms with E-state index in [9.17, 15) is 12.8 Å². The topological polar surface area (TPSA) is 40.6 Å². The fourth-order valence-corrected chi connectivity index (χ4v) is 5.05. The molecule has 23 heavy (non-hydrogen) atoms. The van der Waals surface area contributed by atoms with Gasteiger partial charge in [-0.05, 0) is 54.2 Å². The molecule has 7 heteroatoms. The summed E-state index contributed by atoms with van der Waals surface area (Å²) in [5, 5.41) is 0. The number of anilines is 1. The number of rotatable bonds is 3. The van der Waals surface area contributed by atoms with Crippen molar-refractivity contribution >= 4 is 31.6 Å². The third-order valence-electron chi connectivity index (χ3n) is 4.26. The van der Waals surface area contributed by atoms with Crippen molar-refractivity contribution in [1.29, 1.82) is 0 Å². The molecule has 0 aromatic heterocycles. The molecule has 1 aliphatic heterocycles. The Hall–Kier alpha value is -0.660. The predicted octanol–water partition coefficient (Wildman–Crippen LogP) is 3.85. The molecule has 0 fully saturated rings. The highest BCUT2D eigenvalue weighted by molar-refractivity contribution is 9.10. The van der Waals surface area contributed by atoms with Crippen LogP contribution in [0.5, 0.6) is 0 Å². The van der Waals surface area contributed by atoms with Crippen molar-refractivity contribution in [2.24, 2.45) is 5.92 Å². The number of hydrogen-bond acceptors (Lipinski definition) is 3. The van der Waals surface area contributed by atoms with Gasteiger partial charge in [-0.15, -0.1) is 0 Å². The van der Waals surface area contributed by atoms with Gasteiger partial charge < -0.3 is 4.90 Å². The van der Waals surface area contributed by atoms with Gasteiger partial charge in [0.25, 0.3) is 0 Å². The molecule has 0 spiro atoms. The third-order valence-corrected chi connectivity index (χ3v) is 6.80. The Morgan fingerprint density at radius 1 is 1.30 bits per heavy atom. The lowest BCUT2D eigenvalue weighted by Gasteiger charge is -2.33. The lowest BCUT2D eigenvalue weighted by Crippen LogP contribution is -2.44. The fraction of sp³-hybridized carbons (Fsp3) is 0.625. The molecular formula is C16H24BrFN2O2S. The molecule has 2 rings (SSSR count). The van der Waals surface area contributed by atoms with E-state index < -0.39 is 15.8 Å². The first-order valence-corrected chi connectivity index (χ1v) is 10.0. The van der Waals surface area contributed by atoms with Crippen LogP contribution in [0.4, 0.5) is 10.1 Å². The van der Waals surface area contributed by atoms with Crippen LogP contribution in [0.3, 0.4) is 0 Å². The molecule has 0 bridgehead atoms. The molecule has 0 saturated heterocycles. The lowest BCUT2D eigenvalue weighted by atomic mass is 10.0. The van der Waals surface area contributed by atoms with Crippen molar-refractivity contribution in [3.8, 4) is 0 Å². The Morgan fingerprint density at radius 2 is 1.91 bits per heavy atom. The van der Waals surface area contributed by atoms with Crippen molar-refractivity contribution in [2.45, 2.75) is 51.1 Å². The van der Waals surface area contributed by atoms with Gasteiger partial charge >= 0.3 is 0 Å². The molecule has 0 aliphatic carbocycles. The van der Waals surface area contributed by atoms with E-state index in [1.807, 2.05) is 18.7 Å². The zero-order chi connectivity index (χ0) is 17.5. The summed E-state index contributed by atoms with van der Waals surface area (Å²) >= 11 is 3.11. The SMILES string of the molecule is CC(C)CC1CN(C(C)C)c2cc(F)c(Br)cc2S(=O)(=O)N1C. The maximum atomic E-state index is 14.1. The van der Waals surface area contributed by atoms with Gasteiger partial charge in [0.2, 0.25) is 10.0 Å². The van der Waals surface area contributed by atoms with Crippen molar-refractivity contribution in [3.05, 3.63) is 22.4 Å². The average molecular weight is 407 g/mol. The Kier molecular flexibility index (Phi) is 5.43. The van der Waals surface area contributed by atoms with Crippen LogP contribution in [-0.4, -0.2) is 38.4 Å². The van der Waals surface area contributed by atoms with Crippen molar-refractivity contribution < 1.29 is 12.8 Å². The number of nitrogens with zero attached hydrogens (tertiary/aromatic N) is 2. The molecule has 1 heterocycles. The number of likely N-dealkylation sites (N-methyl/N-ethyl adjacent to an activating group) is 1. The predicted molar refractivity (Wildman–Crippen MR) is 94.8 cm³/mol. The highest BCUT2D eigenvalue weighted by Gasteiger charge is 2.37. The van der Waals surface area contributed by atoms with Gasteiger partial charge in [-0.2, -0.15) is 4.31 Å². The maximum absolute atomic E-state index is 14.1. The van der Waals surface area contributed by atoms with Crippen LogP contribution in [0.15, 0.2) is 21.5 Å². The smallest absolute Gasteiger partial charge is 0.245 e. The second-order valence-electron chi connectivity index (χ2n) is 6.78. The van der Waals surface area contributed by atoms with Gasteiger partial charge in [0.15, 0.2) is 0 Å². The minimum absolute atomic E-state index is 0.0747. The molecular weight excluding hydrogens is 383 g/mol. The minimum Gasteiger partial charge on any atom is -0.366 e. The summed E-state index contributed by atoms with van der Waals surface area (Å²) in [4.78, 5) is 2.15. The van der Waals surface area contributed by atoms with Crippen LogP contribution in [0.25, 0.3) is 0 Å². The third kappa shape index (κ3) is 3.56. The highest BCUT2D eigenvalue weighted by atomic mass is 79.9. The zero-order valence-corrected chi connectivity index (χ0v) is 16.6. The molecule has 0 radical (unpaired) electrons. The largest absolute Gasteiger partial charge is 0.366 e. The van der Waals surface area contributed by atoms with Gasteiger partial charge in [-0.1, -0.05) is 13.8 Å². The molecule has 0 saturated carbocycles. The van der Waals surface area contributed by atoms with Gasteiger partial charge in [-0.25, -0.2) is 12.8 Å². The first kappa shape index (κ1) is 18.7. The number of sulfonamides is 1. The molecule has 1 unspecified atom stereocenters.